The Kier molecular flexibility index (Phi) is 14.6. The Labute approximate surface area is 266 Å². The number of imide groups is 1. The van der Waals surface area contributed by atoms with Crippen molar-refractivity contribution >= 4 is 47.5 Å². The summed E-state index contributed by atoms with van der Waals surface area (Å²) >= 11 is 0. The standard InChI is InChI=1S/C27H46N10O9/c1-15(2)12-18(23(43)33-16(4-3-6-32-26(29)30)22(42)31-7-5-21(40)41)35-8-10-36(11-9-35)25(45)19(14-38)37-24(44)17(13-20(28)39)34-27(37)46/h15-19,38H,3-14H2,1-2H3,(H2,28,39)(H,31,42)(H,33,43)(H,34,46)(H,40,41)(H4,29,30,32)/t16-,17-,18+,19+/m1/s1. The molecule has 2 saturated heterocycles. The van der Waals surface area contributed by atoms with E-state index in [0.717, 1.165) is 0 Å². The fourth-order valence-electron chi connectivity index (χ4n) is 5.24. The lowest BCUT2D eigenvalue weighted by molar-refractivity contribution is -0.145. The Morgan fingerprint density at radius 3 is 2.22 bits per heavy atom. The van der Waals surface area contributed by atoms with E-state index in [1.807, 2.05) is 18.7 Å². The van der Waals surface area contributed by atoms with Gasteiger partial charge in [0.05, 0.1) is 25.5 Å². The number of hydrogen-bond acceptors (Lipinski definition) is 10. The molecule has 0 aromatic heterocycles. The first kappa shape index (κ1) is 37.7. The number of rotatable bonds is 18. The van der Waals surface area contributed by atoms with Gasteiger partial charge in [-0.25, -0.2) is 9.69 Å². The van der Waals surface area contributed by atoms with E-state index in [1.54, 1.807) is 0 Å². The summed E-state index contributed by atoms with van der Waals surface area (Å²) in [7, 11) is 0. The highest BCUT2D eigenvalue weighted by Crippen LogP contribution is 2.19. The zero-order chi connectivity index (χ0) is 34.6. The number of guanidine groups is 1. The molecule has 11 N–H and O–H groups in total. The van der Waals surface area contributed by atoms with Crippen LogP contribution in [0.25, 0.3) is 0 Å². The van der Waals surface area contributed by atoms with Crippen LogP contribution in [0.3, 0.4) is 0 Å². The maximum absolute atomic E-state index is 13.6. The van der Waals surface area contributed by atoms with Crippen LogP contribution in [0, 0.1) is 5.92 Å². The smallest absolute Gasteiger partial charge is 0.325 e. The van der Waals surface area contributed by atoms with Gasteiger partial charge in [-0.2, -0.15) is 0 Å². The monoisotopic (exact) mass is 654 g/mol. The summed E-state index contributed by atoms with van der Waals surface area (Å²) in [6.07, 6.45) is 0.221. The molecule has 2 aliphatic rings. The molecule has 0 aromatic rings. The lowest BCUT2D eigenvalue weighted by Crippen LogP contribution is -2.61. The Morgan fingerprint density at radius 2 is 1.67 bits per heavy atom. The van der Waals surface area contributed by atoms with E-state index in [-0.39, 0.29) is 64.0 Å². The highest BCUT2D eigenvalue weighted by atomic mass is 16.4. The van der Waals surface area contributed by atoms with Crippen molar-refractivity contribution in [2.45, 2.75) is 70.1 Å². The van der Waals surface area contributed by atoms with Crippen LogP contribution in [0.4, 0.5) is 4.79 Å². The summed E-state index contributed by atoms with van der Waals surface area (Å²) in [5.41, 5.74) is 15.9. The topological polar surface area (TPSA) is 296 Å². The third-order valence-electron chi connectivity index (χ3n) is 7.51. The lowest BCUT2D eigenvalue weighted by atomic mass is 9.99. The molecule has 0 spiro atoms. The maximum atomic E-state index is 13.6. The Hall–Kier alpha value is -4.52. The first-order valence-corrected chi connectivity index (χ1v) is 15.1. The number of nitrogens with one attached hydrogen (secondary N) is 3. The third-order valence-corrected chi connectivity index (χ3v) is 7.51. The van der Waals surface area contributed by atoms with Crippen molar-refractivity contribution in [3.63, 3.8) is 0 Å². The molecule has 0 aliphatic carbocycles. The number of carboxylic acid groups (broad SMARTS) is 1. The summed E-state index contributed by atoms with van der Waals surface area (Å²) in [5, 5.41) is 26.5. The van der Waals surface area contributed by atoms with Gasteiger partial charge in [-0.1, -0.05) is 13.8 Å². The van der Waals surface area contributed by atoms with Gasteiger partial charge in [0.1, 0.15) is 18.1 Å². The molecule has 0 aromatic carbocycles. The van der Waals surface area contributed by atoms with E-state index in [2.05, 4.69) is 20.9 Å². The second-order valence-electron chi connectivity index (χ2n) is 11.5. The largest absolute Gasteiger partial charge is 0.481 e. The molecule has 2 fully saturated rings. The second kappa shape index (κ2) is 17.8. The number of amides is 7. The van der Waals surface area contributed by atoms with Crippen LogP contribution in [-0.2, 0) is 28.8 Å². The SMILES string of the molecule is CC(C)C[C@@H](C(=O)N[C@H](CCCN=C(N)N)C(=O)NCCC(=O)O)N1CCN(C(=O)[C@H](CO)N2C(=O)N[C@H](CC(N)=O)C2=O)CC1. The van der Waals surface area contributed by atoms with Crippen LogP contribution < -0.4 is 33.2 Å². The molecule has 46 heavy (non-hydrogen) atoms. The molecule has 19 heteroatoms. The normalized spacial score (nSPS) is 18.8. The molecule has 2 rings (SSSR count). The van der Waals surface area contributed by atoms with Gasteiger partial charge >= 0.3 is 12.0 Å². The minimum absolute atomic E-state index is 0.0759. The number of aliphatic hydroxyl groups is 1. The van der Waals surface area contributed by atoms with Crippen molar-refractivity contribution in [3.05, 3.63) is 0 Å². The lowest BCUT2D eigenvalue weighted by Gasteiger charge is -2.40. The number of aliphatic carboxylic acids is 1. The quantitative estimate of drug-likeness (QED) is 0.0302. The molecule has 4 atom stereocenters. The second-order valence-corrected chi connectivity index (χ2v) is 11.5. The summed E-state index contributed by atoms with van der Waals surface area (Å²) in [6, 6.07) is -5.32. The first-order chi connectivity index (χ1) is 21.7. The molecular formula is C27H46N10O9. The number of primary amides is 1. The average molecular weight is 655 g/mol. The number of carbonyl (C=O) groups is 7. The highest BCUT2D eigenvalue weighted by molar-refractivity contribution is 6.08. The van der Waals surface area contributed by atoms with Crippen LogP contribution in [-0.4, -0.2) is 142 Å². The molecule has 0 bridgehead atoms. The predicted molar refractivity (Wildman–Crippen MR) is 162 cm³/mol. The number of nitrogens with zero attached hydrogens (tertiary/aromatic N) is 4. The van der Waals surface area contributed by atoms with Crippen LogP contribution in [0.5, 0.6) is 0 Å². The molecule has 258 valence electrons. The summed E-state index contributed by atoms with van der Waals surface area (Å²) in [6.45, 7) is 3.82. The molecule has 0 radical (unpaired) electrons. The third kappa shape index (κ3) is 11.1. The van der Waals surface area contributed by atoms with E-state index in [9.17, 15) is 38.7 Å². The Bertz CT molecular complexity index is 1170. The summed E-state index contributed by atoms with van der Waals surface area (Å²) in [5.74, 6) is -4.44. The van der Waals surface area contributed by atoms with Gasteiger partial charge in [0, 0.05) is 39.3 Å². The molecule has 19 nitrogen and oxygen atoms in total. The van der Waals surface area contributed by atoms with Crippen LogP contribution in [0.1, 0.15) is 46.0 Å². The van der Waals surface area contributed by atoms with Gasteiger partial charge in [0.15, 0.2) is 5.96 Å². The highest BCUT2D eigenvalue weighted by Gasteiger charge is 2.46. The molecular weight excluding hydrogens is 608 g/mol. The molecule has 0 unspecified atom stereocenters. The number of aliphatic imine (C=N–C) groups is 1. The first-order valence-electron chi connectivity index (χ1n) is 15.1. The van der Waals surface area contributed by atoms with Crippen LogP contribution >= 0.6 is 0 Å². The zero-order valence-electron chi connectivity index (χ0n) is 26.1. The van der Waals surface area contributed by atoms with Crippen LogP contribution in [0.2, 0.25) is 0 Å². The number of urea groups is 1. The van der Waals surface area contributed by atoms with Gasteiger partial charge in [0.25, 0.3) is 5.91 Å². The molecule has 2 heterocycles. The summed E-state index contributed by atoms with van der Waals surface area (Å²) in [4.78, 5) is 94.9. The maximum Gasteiger partial charge on any atom is 0.325 e. The van der Waals surface area contributed by atoms with Gasteiger partial charge < -0.3 is 48.3 Å². The summed E-state index contributed by atoms with van der Waals surface area (Å²) < 4.78 is 0. The van der Waals surface area contributed by atoms with Crippen molar-refractivity contribution in [3.8, 4) is 0 Å². The van der Waals surface area contributed by atoms with Crippen molar-refractivity contribution in [1.29, 1.82) is 0 Å². The van der Waals surface area contributed by atoms with Crippen molar-refractivity contribution < 1.29 is 43.8 Å². The van der Waals surface area contributed by atoms with Gasteiger partial charge in [0.2, 0.25) is 23.6 Å². The Balaban J connectivity index is 2.11. The molecule has 0 saturated carbocycles. The number of hydrogen-bond donors (Lipinski definition) is 8. The minimum Gasteiger partial charge on any atom is -0.481 e. The minimum atomic E-state index is -1.51. The van der Waals surface area contributed by atoms with E-state index < -0.39 is 78.7 Å². The number of piperazine rings is 1. The zero-order valence-corrected chi connectivity index (χ0v) is 26.1. The van der Waals surface area contributed by atoms with E-state index in [4.69, 9.17) is 22.3 Å². The Morgan fingerprint density at radius 1 is 1.02 bits per heavy atom. The van der Waals surface area contributed by atoms with Crippen molar-refractivity contribution in [2.75, 3.05) is 45.9 Å². The van der Waals surface area contributed by atoms with Crippen molar-refractivity contribution in [1.82, 2.24) is 30.7 Å². The van der Waals surface area contributed by atoms with Crippen molar-refractivity contribution in [2.24, 2.45) is 28.1 Å². The number of carbonyl (C=O) groups excluding carboxylic acids is 6. The van der Waals surface area contributed by atoms with Gasteiger partial charge in [-0.3, -0.25) is 38.7 Å². The predicted octanol–water partition coefficient (Wildman–Crippen LogP) is -4.17. The van der Waals surface area contributed by atoms with E-state index in [0.29, 0.717) is 17.7 Å². The van der Waals surface area contributed by atoms with Crippen LogP contribution in [0.15, 0.2) is 4.99 Å². The molecule has 2 aliphatic heterocycles. The molecule has 7 amide bonds. The number of carboxylic acids is 1. The average Bonchev–Trinajstić information content (AvgIpc) is 3.24. The number of aliphatic hydroxyl groups excluding tert-OH is 1. The fraction of sp³-hybridized carbons (Fsp3) is 0.704. The van der Waals surface area contributed by atoms with E-state index >= 15 is 0 Å². The number of nitrogens with two attached hydrogens (primary N) is 3. The van der Waals surface area contributed by atoms with Gasteiger partial charge in [-0.05, 0) is 25.2 Å². The van der Waals surface area contributed by atoms with E-state index in [1.165, 1.54) is 4.90 Å². The van der Waals surface area contributed by atoms with Gasteiger partial charge in [-0.15, -0.1) is 0 Å². The fourth-order valence-corrected chi connectivity index (χ4v) is 5.24.